The summed E-state index contributed by atoms with van der Waals surface area (Å²) in [6, 6.07) is 0. The number of carbonyl (C=O) groups excluding carboxylic acids is 1. The van der Waals surface area contributed by atoms with Crippen LogP contribution in [-0.4, -0.2) is 25.8 Å². The zero-order chi connectivity index (χ0) is 12.1. The Morgan fingerprint density at radius 2 is 1.88 bits per heavy atom. The van der Waals surface area contributed by atoms with Gasteiger partial charge in [0, 0.05) is 13.0 Å². The highest BCUT2D eigenvalue weighted by molar-refractivity contribution is 5.68. The third-order valence-electron chi connectivity index (χ3n) is 3.95. The molecule has 1 saturated carbocycles. The van der Waals surface area contributed by atoms with Crippen LogP contribution in [-0.2, 0) is 14.3 Å². The zero-order valence-electron chi connectivity index (χ0n) is 10.6. The molecule has 96 valence electrons. The van der Waals surface area contributed by atoms with E-state index in [1.54, 1.807) is 0 Å². The molecule has 0 heterocycles. The monoisotopic (exact) mass is 238 g/mol. The Bertz CT molecular complexity index is 269. The summed E-state index contributed by atoms with van der Waals surface area (Å²) in [4.78, 5) is 10.9. The second-order valence-corrected chi connectivity index (χ2v) is 5.11. The number of rotatable bonds is 5. The number of hydrogen-bond donors (Lipinski definition) is 0. The summed E-state index contributed by atoms with van der Waals surface area (Å²) < 4.78 is 10.5. The van der Waals surface area contributed by atoms with Crippen LogP contribution in [0, 0.1) is 11.8 Å². The lowest BCUT2D eigenvalue weighted by Crippen LogP contribution is -2.11. The van der Waals surface area contributed by atoms with Gasteiger partial charge in [0.05, 0.1) is 13.2 Å². The Kier molecular flexibility index (Phi) is 4.60. The number of ether oxygens (including phenoxy) is 2. The summed E-state index contributed by atoms with van der Waals surface area (Å²) in [7, 11) is 1.43. The minimum Gasteiger partial charge on any atom is -0.469 e. The van der Waals surface area contributed by atoms with Crippen molar-refractivity contribution in [3.63, 3.8) is 0 Å². The van der Waals surface area contributed by atoms with Gasteiger partial charge in [-0.25, -0.2) is 0 Å². The topological polar surface area (TPSA) is 35.5 Å². The Morgan fingerprint density at radius 3 is 2.47 bits per heavy atom. The Morgan fingerprint density at radius 1 is 1.24 bits per heavy atom. The molecule has 0 aromatic carbocycles. The fourth-order valence-electron chi connectivity index (χ4n) is 2.98. The van der Waals surface area contributed by atoms with Crippen LogP contribution < -0.4 is 0 Å². The molecule has 0 aromatic rings. The quantitative estimate of drug-likeness (QED) is 0.419. The molecule has 2 rings (SSSR count). The van der Waals surface area contributed by atoms with E-state index in [-0.39, 0.29) is 5.97 Å². The van der Waals surface area contributed by atoms with Crippen LogP contribution in [0.1, 0.15) is 38.5 Å². The maximum atomic E-state index is 10.9. The number of allylic oxidation sites excluding steroid dienone is 2. The van der Waals surface area contributed by atoms with Crippen molar-refractivity contribution in [2.45, 2.75) is 44.6 Å². The van der Waals surface area contributed by atoms with Crippen molar-refractivity contribution in [3.8, 4) is 0 Å². The summed E-state index contributed by atoms with van der Waals surface area (Å²) in [6.45, 7) is 0.687. The number of esters is 1. The van der Waals surface area contributed by atoms with Crippen LogP contribution >= 0.6 is 0 Å². The van der Waals surface area contributed by atoms with Crippen LogP contribution in [0.15, 0.2) is 12.2 Å². The lowest BCUT2D eigenvalue weighted by atomic mass is 9.86. The number of fused-ring (bicyclic) bond motifs is 1. The largest absolute Gasteiger partial charge is 0.469 e. The van der Waals surface area contributed by atoms with Gasteiger partial charge in [-0.05, 0) is 43.9 Å². The third kappa shape index (κ3) is 3.56. The van der Waals surface area contributed by atoms with E-state index in [0.717, 1.165) is 18.3 Å². The lowest BCUT2D eigenvalue weighted by Gasteiger charge is -2.19. The molecule has 1 unspecified atom stereocenters. The van der Waals surface area contributed by atoms with E-state index in [9.17, 15) is 4.79 Å². The number of carbonyl (C=O) groups is 1. The minimum absolute atomic E-state index is 0.141. The van der Waals surface area contributed by atoms with Crippen LogP contribution in [0.5, 0.6) is 0 Å². The van der Waals surface area contributed by atoms with Gasteiger partial charge >= 0.3 is 5.97 Å². The van der Waals surface area contributed by atoms with E-state index in [4.69, 9.17) is 4.74 Å². The van der Waals surface area contributed by atoms with Crippen molar-refractivity contribution in [1.82, 2.24) is 0 Å². The van der Waals surface area contributed by atoms with E-state index in [2.05, 4.69) is 16.9 Å². The Labute approximate surface area is 103 Å². The van der Waals surface area contributed by atoms with Gasteiger partial charge in [-0.1, -0.05) is 12.2 Å². The highest BCUT2D eigenvalue weighted by Crippen LogP contribution is 2.40. The first-order valence-electron chi connectivity index (χ1n) is 6.63. The molecule has 17 heavy (non-hydrogen) atoms. The first-order chi connectivity index (χ1) is 8.29. The standard InChI is InChI=1S/C14H22O3/c1-16-14(15)7-4-8-17-13-9-11-5-2-3-6-12(11)10-13/h2-3,11-13H,4-10H2,1H3/t11-,12+,13?. The van der Waals surface area contributed by atoms with E-state index < -0.39 is 0 Å². The molecule has 0 spiro atoms. The first kappa shape index (κ1) is 12.6. The summed E-state index contributed by atoms with van der Waals surface area (Å²) in [5.41, 5.74) is 0. The maximum absolute atomic E-state index is 10.9. The predicted octanol–water partition coefficient (Wildman–Crippen LogP) is 2.70. The maximum Gasteiger partial charge on any atom is 0.305 e. The van der Waals surface area contributed by atoms with E-state index in [1.807, 2.05) is 0 Å². The van der Waals surface area contributed by atoms with Gasteiger partial charge in [-0.15, -0.1) is 0 Å². The van der Waals surface area contributed by atoms with Gasteiger partial charge in [-0.2, -0.15) is 0 Å². The molecular formula is C14H22O3. The molecule has 2 aliphatic carbocycles. The van der Waals surface area contributed by atoms with Crippen molar-refractivity contribution >= 4 is 5.97 Å². The molecule has 0 amide bonds. The number of hydrogen-bond acceptors (Lipinski definition) is 3. The molecule has 0 aliphatic heterocycles. The average Bonchev–Trinajstić information content (AvgIpc) is 2.76. The fraction of sp³-hybridized carbons (Fsp3) is 0.786. The van der Waals surface area contributed by atoms with Crippen LogP contribution in [0.3, 0.4) is 0 Å². The lowest BCUT2D eigenvalue weighted by molar-refractivity contribution is -0.141. The molecule has 3 nitrogen and oxygen atoms in total. The van der Waals surface area contributed by atoms with Crippen molar-refractivity contribution in [3.05, 3.63) is 12.2 Å². The smallest absolute Gasteiger partial charge is 0.305 e. The van der Waals surface area contributed by atoms with Gasteiger partial charge in [0.25, 0.3) is 0 Å². The molecule has 0 N–H and O–H groups in total. The number of methoxy groups -OCH3 is 1. The molecule has 3 atom stereocenters. The summed E-state index contributed by atoms with van der Waals surface area (Å²) >= 11 is 0. The van der Waals surface area contributed by atoms with Gasteiger partial charge in [0.15, 0.2) is 0 Å². The second kappa shape index (κ2) is 6.20. The highest BCUT2D eigenvalue weighted by Gasteiger charge is 2.34. The van der Waals surface area contributed by atoms with Gasteiger partial charge in [-0.3, -0.25) is 4.79 Å². The summed E-state index contributed by atoms with van der Waals surface area (Å²) in [5.74, 6) is 1.54. The molecule has 0 saturated heterocycles. The van der Waals surface area contributed by atoms with Crippen LogP contribution in [0.4, 0.5) is 0 Å². The van der Waals surface area contributed by atoms with Crippen LogP contribution in [0.2, 0.25) is 0 Å². The summed E-state index contributed by atoms with van der Waals surface area (Å²) in [6.07, 6.45) is 11.1. The van der Waals surface area contributed by atoms with Crippen molar-refractivity contribution in [1.29, 1.82) is 0 Å². The summed E-state index contributed by atoms with van der Waals surface area (Å²) in [5, 5.41) is 0. The normalized spacial score (nSPS) is 31.2. The molecule has 0 bridgehead atoms. The first-order valence-corrected chi connectivity index (χ1v) is 6.63. The third-order valence-corrected chi connectivity index (χ3v) is 3.95. The molecule has 3 heteroatoms. The molecule has 1 fully saturated rings. The average molecular weight is 238 g/mol. The van der Waals surface area contributed by atoms with Crippen molar-refractivity contribution in [2.24, 2.45) is 11.8 Å². The van der Waals surface area contributed by atoms with E-state index >= 15 is 0 Å². The van der Waals surface area contributed by atoms with Gasteiger partial charge in [0.2, 0.25) is 0 Å². The Balaban J connectivity index is 1.60. The van der Waals surface area contributed by atoms with Gasteiger partial charge < -0.3 is 9.47 Å². The van der Waals surface area contributed by atoms with E-state index in [1.165, 1.54) is 32.8 Å². The molecule has 2 aliphatic rings. The van der Waals surface area contributed by atoms with Crippen molar-refractivity contribution < 1.29 is 14.3 Å². The highest BCUT2D eigenvalue weighted by atomic mass is 16.5. The van der Waals surface area contributed by atoms with Gasteiger partial charge in [0.1, 0.15) is 0 Å². The Hall–Kier alpha value is -0.830. The zero-order valence-corrected chi connectivity index (χ0v) is 10.6. The SMILES string of the molecule is COC(=O)CCCOC1C[C@H]2CC=CC[C@H]2C1. The fourth-order valence-corrected chi connectivity index (χ4v) is 2.98. The van der Waals surface area contributed by atoms with Crippen LogP contribution in [0.25, 0.3) is 0 Å². The minimum atomic E-state index is -0.141. The molecule has 0 radical (unpaired) electrons. The van der Waals surface area contributed by atoms with Crippen molar-refractivity contribution in [2.75, 3.05) is 13.7 Å². The molecule has 0 aromatic heterocycles. The second-order valence-electron chi connectivity index (χ2n) is 5.11. The predicted molar refractivity (Wildman–Crippen MR) is 65.6 cm³/mol. The molecular weight excluding hydrogens is 216 g/mol. The van der Waals surface area contributed by atoms with E-state index in [0.29, 0.717) is 19.1 Å².